The third-order valence-corrected chi connectivity index (χ3v) is 8.19. The summed E-state index contributed by atoms with van der Waals surface area (Å²) >= 11 is 8.17. The van der Waals surface area contributed by atoms with Crippen molar-refractivity contribution in [3.63, 3.8) is 0 Å². The molecule has 5 heteroatoms. The number of rotatable bonds is 3. The summed E-state index contributed by atoms with van der Waals surface area (Å²) in [6.07, 6.45) is 4.76. The largest absolute Gasteiger partial charge is 0.352 e. The van der Waals surface area contributed by atoms with Crippen molar-refractivity contribution >= 4 is 39.0 Å². The molecule has 2 fully saturated rings. The van der Waals surface area contributed by atoms with E-state index in [0.717, 1.165) is 23.6 Å². The van der Waals surface area contributed by atoms with Crippen molar-refractivity contribution in [2.24, 2.45) is 10.8 Å². The van der Waals surface area contributed by atoms with Crippen LogP contribution < -0.4 is 4.90 Å². The Labute approximate surface area is 188 Å². The quantitative estimate of drug-likeness (QED) is 0.401. The molecular formula is C25H30ClN3S. The average Bonchev–Trinajstić information content (AvgIpc) is 3.12. The van der Waals surface area contributed by atoms with Gasteiger partial charge in [0.1, 0.15) is 10.6 Å². The molecule has 3 nitrogen and oxygen atoms in total. The van der Waals surface area contributed by atoms with Crippen LogP contribution in [0.15, 0.2) is 24.3 Å². The van der Waals surface area contributed by atoms with Crippen molar-refractivity contribution in [2.75, 3.05) is 11.4 Å². The van der Waals surface area contributed by atoms with Gasteiger partial charge >= 0.3 is 0 Å². The van der Waals surface area contributed by atoms with Gasteiger partial charge in [-0.1, -0.05) is 52.0 Å². The maximum Gasteiger partial charge on any atom is 0.225 e. The molecule has 1 aromatic carbocycles. The summed E-state index contributed by atoms with van der Waals surface area (Å²) in [5.41, 5.74) is 4.58. The van der Waals surface area contributed by atoms with Gasteiger partial charge in [0, 0.05) is 23.0 Å². The highest BCUT2D eigenvalue weighted by atomic mass is 35.5. The van der Waals surface area contributed by atoms with Crippen LogP contribution in [0.25, 0.3) is 21.3 Å². The molecule has 0 radical (unpaired) electrons. The van der Waals surface area contributed by atoms with E-state index >= 15 is 0 Å². The lowest BCUT2D eigenvalue weighted by molar-refractivity contribution is 0.136. The summed E-state index contributed by atoms with van der Waals surface area (Å²) < 4.78 is 0. The van der Waals surface area contributed by atoms with Crippen LogP contribution in [0.2, 0.25) is 5.28 Å². The highest BCUT2D eigenvalue weighted by Gasteiger charge is 2.50. The average molecular weight is 440 g/mol. The van der Waals surface area contributed by atoms with E-state index in [1.54, 1.807) is 11.3 Å². The fourth-order valence-corrected chi connectivity index (χ4v) is 7.49. The van der Waals surface area contributed by atoms with Gasteiger partial charge in [-0.3, -0.25) is 0 Å². The fourth-order valence-electron chi connectivity index (χ4n) is 6.24. The van der Waals surface area contributed by atoms with Crippen LogP contribution in [0.1, 0.15) is 57.4 Å². The zero-order valence-electron chi connectivity index (χ0n) is 18.6. The summed E-state index contributed by atoms with van der Waals surface area (Å²) in [4.78, 5) is 14.3. The molecule has 2 aromatic heterocycles. The first-order chi connectivity index (χ1) is 14.2. The molecule has 3 aromatic rings. The highest BCUT2D eigenvalue weighted by molar-refractivity contribution is 7.19. The lowest BCUT2D eigenvalue weighted by Gasteiger charge is -2.39. The molecule has 2 atom stereocenters. The molecule has 2 aliphatic rings. The fraction of sp³-hybridized carbons (Fsp3) is 0.520. The number of nitrogens with zero attached hydrogens (tertiary/aromatic N) is 3. The van der Waals surface area contributed by atoms with E-state index in [0.29, 0.717) is 22.2 Å². The second kappa shape index (κ2) is 6.93. The lowest BCUT2D eigenvalue weighted by Crippen LogP contribution is -2.35. The van der Waals surface area contributed by atoms with Crippen LogP contribution in [0.4, 0.5) is 5.82 Å². The van der Waals surface area contributed by atoms with Gasteiger partial charge in [-0.05, 0) is 66.2 Å². The van der Waals surface area contributed by atoms with E-state index in [1.165, 1.54) is 46.2 Å². The Morgan fingerprint density at radius 2 is 1.87 bits per heavy atom. The number of thiophene rings is 1. The molecule has 3 heterocycles. The van der Waals surface area contributed by atoms with Crippen molar-refractivity contribution in [1.82, 2.24) is 9.97 Å². The topological polar surface area (TPSA) is 29.0 Å². The van der Waals surface area contributed by atoms with Crippen LogP contribution in [0.3, 0.4) is 0 Å². The summed E-state index contributed by atoms with van der Waals surface area (Å²) in [7, 11) is 0. The minimum absolute atomic E-state index is 0.337. The number of hydrogen-bond donors (Lipinski definition) is 0. The Hall–Kier alpha value is -1.65. The molecule has 0 amide bonds. The zero-order valence-corrected chi connectivity index (χ0v) is 20.1. The molecule has 1 aliphatic carbocycles. The standard InChI is InChI=1S/C25H30ClN3S/c1-6-16-7-9-17(10-8-16)19-15(2)30-22-20(19)21(27-23(26)28-22)29-14-25(5)12-18(29)11-24(3,4)13-25/h7-10,18H,6,11-14H2,1-5H3. The number of hydrogen-bond acceptors (Lipinski definition) is 4. The maximum atomic E-state index is 6.44. The molecule has 1 aliphatic heterocycles. The van der Waals surface area contributed by atoms with E-state index in [1.807, 2.05) is 0 Å². The van der Waals surface area contributed by atoms with Crippen LogP contribution in [-0.4, -0.2) is 22.6 Å². The molecule has 0 N–H and O–H groups in total. The third kappa shape index (κ3) is 3.33. The van der Waals surface area contributed by atoms with Crippen LogP contribution in [0.5, 0.6) is 0 Å². The molecule has 2 bridgehead atoms. The van der Waals surface area contributed by atoms with Gasteiger partial charge < -0.3 is 4.90 Å². The summed E-state index contributed by atoms with van der Waals surface area (Å²) in [6, 6.07) is 9.49. The minimum Gasteiger partial charge on any atom is -0.352 e. The van der Waals surface area contributed by atoms with E-state index in [2.05, 4.69) is 68.8 Å². The first-order valence-corrected chi connectivity index (χ1v) is 12.2. The van der Waals surface area contributed by atoms with Crippen LogP contribution in [0, 0.1) is 17.8 Å². The smallest absolute Gasteiger partial charge is 0.225 e. The maximum absolute atomic E-state index is 6.44. The van der Waals surface area contributed by atoms with E-state index < -0.39 is 0 Å². The Bertz CT molecular complexity index is 1120. The van der Waals surface area contributed by atoms with Gasteiger partial charge in [-0.25, -0.2) is 4.98 Å². The number of anilines is 1. The molecule has 0 spiro atoms. The molecule has 1 saturated carbocycles. The molecule has 1 saturated heterocycles. The van der Waals surface area contributed by atoms with Gasteiger partial charge in [-0.2, -0.15) is 4.98 Å². The third-order valence-electron chi connectivity index (χ3n) is 7.02. The van der Waals surface area contributed by atoms with Crippen LogP contribution in [-0.2, 0) is 6.42 Å². The predicted octanol–water partition coefficient (Wildman–Crippen LogP) is 7.29. The van der Waals surface area contributed by atoms with E-state index in [-0.39, 0.29) is 0 Å². The zero-order chi connectivity index (χ0) is 21.3. The second-order valence-corrected chi connectivity index (χ2v) is 12.0. The Morgan fingerprint density at radius 3 is 2.57 bits per heavy atom. The van der Waals surface area contributed by atoms with Crippen molar-refractivity contribution in [3.05, 3.63) is 40.0 Å². The van der Waals surface area contributed by atoms with Crippen LogP contribution >= 0.6 is 22.9 Å². The summed E-state index contributed by atoms with van der Waals surface area (Å²) in [6.45, 7) is 12.7. The van der Waals surface area contributed by atoms with Gasteiger partial charge in [0.15, 0.2) is 0 Å². The minimum atomic E-state index is 0.337. The lowest BCUT2D eigenvalue weighted by atomic mass is 9.65. The normalized spacial score (nSPS) is 25.3. The summed E-state index contributed by atoms with van der Waals surface area (Å²) in [5, 5.41) is 1.54. The highest BCUT2D eigenvalue weighted by Crippen LogP contribution is 2.55. The molecule has 30 heavy (non-hydrogen) atoms. The second-order valence-electron chi connectivity index (χ2n) is 10.4. The SMILES string of the molecule is CCc1ccc(-c2c(C)sc3nc(Cl)nc(N4CC5(C)CC4CC(C)(C)C5)c23)cc1. The number of aromatic nitrogens is 2. The van der Waals surface area contributed by atoms with Gasteiger partial charge in [0.2, 0.25) is 5.28 Å². The first kappa shape index (κ1) is 20.3. The Balaban J connectivity index is 1.69. The molecule has 158 valence electrons. The first-order valence-electron chi connectivity index (χ1n) is 11.0. The van der Waals surface area contributed by atoms with E-state index in [4.69, 9.17) is 16.6 Å². The van der Waals surface area contributed by atoms with E-state index in [9.17, 15) is 0 Å². The predicted molar refractivity (Wildman–Crippen MR) is 129 cm³/mol. The molecular weight excluding hydrogens is 410 g/mol. The summed E-state index contributed by atoms with van der Waals surface area (Å²) in [5.74, 6) is 1.04. The van der Waals surface area contributed by atoms with Gasteiger partial charge in [0.25, 0.3) is 0 Å². The Kier molecular flexibility index (Phi) is 4.68. The monoisotopic (exact) mass is 439 g/mol. The molecule has 5 rings (SSSR count). The van der Waals surface area contributed by atoms with Crippen molar-refractivity contribution in [1.29, 1.82) is 0 Å². The van der Waals surface area contributed by atoms with Crippen molar-refractivity contribution in [3.8, 4) is 11.1 Å². The van der Waals surface area contributed by atoms with Crippen molar-refractivity contribution < 1.29 is 0 Å². The Morgan fingerprint density at radius 1 is 1.13 bits per heavy atom. The van der Waals surface area contributed by atoms with Gasteiger partial charge in [0.05, 0.1) is 5.39 Å². The number of aryl methyl sites for hydroxylation is 2. The van der Waals surface area contributed by atoms with Gasteiger partial charge in [-0.15, -0.1) is 11.3 Å². The van der Waals surface area contributed by atoms with Crippen molar-refractivity contribution in [2.45, 2.75) is 66.3 Å². The number of fused-ring (bicyclic) bond motifs is 3. The number of benzene rings is 1. The number of halogens is 1. The molecule has 2 unspecified atom stereocenters.